The largest absolute Gasteiger partial charge is 0.496 e. The van der Waals surface area contributed by atoms with Crippen molar-refractivity contribution in [3.63, 3.8) is 0 Å². The van der Waals surface area contributed by atoms with Crippen LogP contribution in [0.3, 0.4) is 0 Å². The molecular weight excluding hydrogens is 196 g/mol. The maximum absolute atomic E-state index is 11.4. The van der Waals surface area contributed by atoms with E-state index in [-0.39, 0.29) is 6.42 Å². The molecule has 0 amide bonds. The average molecular weight is 206 g/mol. The maximum Gasteiger partial charge on any atom is 0.321 e. The smallest absolute Gasteiger partial charge is 0.321 e. The number of benzene rings is 1. The summed E-state index contributed by atoms with van der Waals surface area (Å²) < 4.78 is 9.62. The van der Waals surface area contributed by atoms with Crippen molar-refractivity contribution in [1.82, 2.24) is 0 Å². The first-order valence-corrected chi connectivity index (χ1v) is 4.60. The Morgan fingerprint density at radius 1 is 1.33 bits per heavy atom. The van der Waals surface area contributed by atoms with Gasteiger partial charge in [-0.25, -0.2) is 0 Å². The van der Waals surface area contributed by atoms with Crippen molar-refractivity contribution >= 4 is 11.9 Å². The zero-order chi connectivity index (χ0) is 10.8. The maximum atomic E-state index is 11.4. The molecule has 0 aromatic heterocycles. The molecule has 0 radical (unpaired) electrons. The number of methoxy groups -OCH3 is 1. The Morgan fingerprint density at radius 3 is 2.67 bits per heavy atom. The predicted octanol–water partition coefficient (Wildman–Crippen LogP) is 1.25. The van der Waals surface area contributed by atoms with E-state index in [1.54, 1.807) is 18.2 Å². The second-order valence-corrected chi connectivity index (χ2v) is 3.29. The molecule has 1 saturated heterocycles. The fourth-order valence-corrected chi connectivity index (χ4v) is 1.67. The van der Waals surface area contributed by atoms with Crippen LogP contribution in [-0.2, 0) is 14.3 Å². The van der Waals surface area contributed by atoms with Gasteiger partial charge in [-0.15, -0.1) is 0 Å². The average Bonchev–Trinajstić information content (AvgIpc) is 2.57. The van der Waals surface area contributed by atoms with Gasteiger partial charge in [0.1, 0.15) is 5.75 Å². The molecular formula is C11H10O4. The molecule has 1 aliphatic rings. The van der Waals surface area contributed by atoms with Gasteiger partial charge in [0.15, 0.2) is 0 Å². The third-order valence-corrected chi connectivity index (χ3v) is 2.38. The quantitative estimate of drug-likeness (QED) is 0.539. The second kappa shape index (κ2) is 3.73. The van der Waals surface area contributed by atoms with E-state index in [0.717, 1.165) is 0 Å². The molecule has 15 heavy (non-hydrogen) atoms. The van der Waals surface area contributed by atoms with Gasteiger partial charge in [0.2, 0.25) is 0 Å². The van der Waals surface area contributed by atoms with E-state index in [4.69, 9.17) is 4.74 Å². The number of ether oxygens (including phenoxy) is 2. The van der Waals surface area contributed by atoms with Crippen LogP contribution in [0.15, 0.2) is 24.3 Å². The summed E-state index contributed by atoms with van der Waals surface area (Å²) in [7, 11) is 1.53. The molecule has 0 aliphatic carbocycles. The molecule has 1 fully saturated rings. The van der Waals surface area contributed by atoms with Gasteiger partial charge in [-0.1, -0.05) is 18.2 Å². The van der Waals surface area contributed by atoms with E-state index >= 15 is 0 Å². The van der Waals surface area contributed by atoms with Gasteiger partial charge >= 0.3 is 11.9 Å². The zero-order valence-corrected chi connectivity index (χ0v) is 8.23. The van der Waals surface area contributed by atoms with Gasteiger partial charge in [0, 0.05) is 5.56 Å². The van der Waals surface area contributed by atoms with Crippen molar-refractivity contribution in [2.75, 3.05) is 7.11 Å². The van der Waals surface area contributed by atoms with Gasteiger partial charge in [-0.05, 0) is 6.07 Å². The fraction of sp³-hybridized carbons (Fsp3) is 0.273. The lowest BCUT2D eigenvalue weighted by atomic mass is 9.97. The number of rotatable bonds is 2. The second-order valence-electron chi connectivity index (χ2n) is 3.29. The summed E-state index contributed by atoms with van der Waals surface area (Å²) in [4.78, 5) is 22.3. The molecule has 1 atom stereocenters. The molecule has 1 aliphatic heterocycles. The first kappa shape index (κ1) is 9.71. The van der Waals surface area contributed by atoms with Crippen molar-refractivity contribution in [3.8, 4) is 5.75 Å². The van der Waals surface area contributed by atoms with Crippen LogP contribution in [0.25, 0.3) is 0 Å². The van der Waals surface area contributed by atoms with E-state index in [1.165, 1.54) is 7.11 Å². The van der Waals surface area contributed by atoms with Gasteiger partial charge in [0.05, 0.1) is 19.4 Å². The third-order valence-electron chi connectivity index (χ3n) is 2.38. The molecule has 0 saturated carbocycles. The highest BCUT2D eigenvalue weighted by atomic mass is 16.6. The molecule has 0 spiro atoms. The molecule has 1 aromatic rings. The lowest BCUT2D eigenvalue weighted by molar-refractivity contribution is -0.152. The summed E-state index contributed by atoms with van der Waals surface area (Å²) in [6.07, 6.45) is 0.0964. The number of hydrogen-bond donors (Lipinski definition) is 0. The van der Waals surface area contributed by atoms with Crippen LogP contribution in [0, 0.1) is 0 Å². The fourth-order valence-electron chi connectivity index (χ4n) is 1.67. The molecule has 1 aromatic carbocycles. The predicted molar refractivity (Wildman–Crippen MR) is 51.5 cm³/mol. The number of carbonyl (C=O) groups is 2. The van der Waals surface area contributed by atoms with Crippen LogP contribution in [-0.4, -0.2) is 19.0 Å². The van der Waals surface area contributed by atoms with E-state index in [0.29, 0.717) is 11.3 Å². The Labute approximate surface area is 86.8 Å². The van der Waals surface area contributed by atoms with E-state index in [1.807, 2.05) is 6.07 Å². The summed E-state index contributed by atoms with van der Waals surface area (Å²) in [6, 6.07) is 7.13. The van der Waals surface area contributed by atoms with Crippen molar-refractivity contribution in [1.29, 1.82) is 0 Å². The van der Waals surface area contributed by atoms with Crippen molar-refractivity contribution in [2.24, 2.45) is 0 Å². The topological polar surface area (TPSA) is 52.6 Å². The Kier molecular flexibility index (Phi) is 2.41. The highest BCUT2D eigenvalue weighted by molar-refractivity contribution is 5.98. The van der Waals surface area contributed by atoms with Crippen LogP contribution in [0.5, 0.6) is 5.75 Å². The minimum absolute atomic E-state index is 0.0964. The molecule has 78 valence electrons. The number of hydrogen-bond acceptors (Lipinski definition) is 4. The van der Waals surface area contributed by atoms with E-state index < -0.39 is 17.9 Å². The number of esters is 2. The minimum Gasteiger partial charge on any atom is -0.496 e. The van der Waals surface area contributed by atoms with E-state index in [2.05, 4.69) is 4.74 Å². The number of cyclic esters (lactones) is 2. The first-order chi connectivity index (χ1) is 7.22. The summed E-state index contributed by atoms with van der Waals surface area (Å²) in [5, 5.41) is 0. The SMILES string of the molecule is COc1ccccc1[C@@H]1CC(=O)OC1=O. The van der Waals surface area contributed by atoms with E-state index in [9.17, 15) is 9.59 Å². The van der Waals surface area contributed by atoms with Crippen LogP contribution < -0.4 is 4.74 Å². The lowest BCUT2D eigenvalue weighted by Crippen LogP contribution is -2.07. The highest BCUT2D eigenvalue weighted by Crippen LogP contribution is 2.33. The van der Waals surface area contributed by atoms with Crippen molar-refractivity contribution in [2.45, 2.75) is 12.3 Å². The Hall–Kier alpha value is -1.84. The lowest BCUT2D eigenvalue weighted by Gasteiger charge is -2.10. The number of carbonyl (C=O) groups excluding carboxylic acids is 2. The Balaban J connectivity index is 2.37. The van der Waals surface area contributed by atoms with Crippen LogP contribution in [0.2, 0.25) is 0 Å². The van der Waals surface area contributed by atoms with Crippen LogP contribution in [0.1, 0.15) is 17.9 Å². The first-order valence-electron chi connectivity index (χ1n) is 4.60. The van der Waals surface area contributed by atoms with Crippen LogP contribution >= 0.6 is 0 Å². The minimum atomic E-state index is -0.520. The molecule has 4 heteroatoms. The third kappa shape index (κ3) is 1.70. The van der Waals surface area contributed by atoms with Gasteiger partial charge in [-0.3, -0.25) is 9.59 Å². The Morgan fingerprint density at radius 2 is 2.07 bits per heavy atom. The summed E-state index contributed by atoms with van der Waals surface area (Å²) in [6.45, 7) is 0. The molecule has 0 unspecified atom stereocenters. The highest BCUT2D eigenvalue weighted by Gasteiger charge is 2.36. The van der Waals surface area contributed by atoms with Gasteiger partial charge < -0.3 is 9.47 Å². The molecule has 4 nitrogen and oxygen atoms in total. The van der Waals surface area contributed by atoms with Crippen LogP contribution in [0.4, 0.5) is 0 Å². The molecule has 1 heterocycles. The van der Waals surface area contributed by atoms with Gasteiger partial charge in [0.25, 0.3) is 0 Å². The molecule has 2 rings (SSSR count). The van der Waals surface area contributed by atoms with Crippen molar-refractivity contribution < 1.29 is 19.1 Å². The number of para-hydroxylation sites is 1. The monoisotopic (exact) mass is 206 g/mol. The Bertz CT molecular complexity index is 411. The standard InChI is InChI=1S/C11H10O4/c1-14-9-5-3-2-4-7(9)8-6-10(12)15-11(8)13/h2-5,8H,6H2,1H3/t8-/m0/s1. The summed E-state index contributed by atoms with van der Waals surface area (Å²) >= 11 is 0. The normalized spacial score (nSPS) is 20.2. The summed E-state index contributed by atoms with van der Waals surface area (Å²) in [5.74, 6) is -0.886. The molecule has 0 bridgehead atoms. The summed E-state index contributed by atoms with van der Waals surface area (Å²) in [5.41, 5.74) is 0.704. The zero-order valence-electron chi connectivity index (χ0n) is 8.23. The molecule has 0 N–H and O–H groups in total. The van der Waals surface area contributed by atoms with Gasteiger partial charge in [-0.2, -0.15) is 0 Å². The van der Waals surface area contributed by atoms with Crippen molar-refractivity contribution in [3.05, 3.63) is 29.8 Å².